The topological polar surface area (TPSA) is 20.7 Å². The quantitative estimate of drug-likeness (QED) is 0.702. The fourth-order valence-corrected chi connectivity index (χ4v) is 1.86. The van der Waals surface area contributed by atoms with Crippen LogP contribution in [0.2, 0.25) is 0 Å². The number of hydrogen-bond acceptors (Lipinski definition) is 0. The maximum absolute atomic E-state index is 3.31. The number of aromatic nitrogens is 2. The maximum Gasteiger partial charge on any atom is 0.0879 e. The van der Waals surface area contributed by atoms with Crippen LogP contribution in [0.25, 0.3) is 16.7 Å². The second-order valence-electron chi connectivity index (χ2n) is 3.57. The zero-order chi connectivity index (χ0) is 9.38. The molecule has 1 N–H and O–H groups in total. The summed E-state index contributed by atoms with van der Waals surface area (Å²) in [6.45, 7) is 0. The molecule has 0 saturated heterocycles. The van der Waals surface area contributed by atoms with Gasteiger partial charge in [-0.3, -0.25) is 9.78 Å². The lowest BCUT2D eigenvalue weighted by atomic mass is 10.1. The number of nitrogens with zero attached hydrogens (tertiary/aromatic N) is 1. The summed E-state index contributed by atoms with van der Waals surface area (Å²) in [5.41, 5.74) is 3.74. The second kappa shape index (κ2) is 2.91. The molecule has 0 fully saturated rings. The molecule has 0 saturated carbocycles. The summed E-state index contributed by atoms with van der Waals surface area (Å²) in [6.07, 6.45) is 8.97. The molecule has 0 unspecified atom stereocenters. The monoisotopic (exact) mass is 184 g/mol. The van der Waals surface area contributed by atoms with E-state index in [1.54, 1.807) is 0 Å². The minimum Gasteiger partial charge on any atom is -0.292 e. The molecule has 2 heteroatoms. The van der Waals surface area contributed by atoms with Crippen LogP contribution in [-0.2, 0) is 0 Å². The Balaban J connectivity index is 2.08. The van der Waals surface area contributed by atoms with Gasteiger partial charge in [-0.05, 0) is 31.1 Å². The van der Waals surface area contributed by atoms with Gasteiger partial charge in [-0.1, -0.05) is 24.3 Å². The molecule has 1 aliphatic rings. The van der Waals surface area contributed by atoms with Crippen molar-refractivity contribution in [3.63, 3.8) is 0 Å². The number of aromatic amines is 1. The van der Waals surface area contributed by atoms with Crippen LogP contribution in [-0.4, -0.2) is 9.78 Å². The minimum absolute atomic E-state index is 1.15. The van der Waals surface area contributed by atoms with Crippen molar-refractivity contribution in [1.82, 2.24) is 9.78 Å². The van der Waals surface area contributed by atoms with Gasteiger partial charge in [0.2, 0.25) is 0 Å². The normalized spacial score (nSPS) is 16.1. The Kier molecular flexibility index (Phi) is 1.60. The van der Waals surface area contributed by atoms with E-state index in [0.29, 0.717) is 0 Å². The summed E-state index contributed by atoms with van der Waals surface area (Å²) in [6, 6.07) is 8.35. The van der Waals surface area contributed by atoms with Crippen molar-refractivity contribution >= 4 is 16.7 Å². The highest BCUT2D eigenvalue weighted by Gasteiger charge is 2.07. The number of allylic oxidation sites excluding steroid dienone is 4. The van der Waals surface area contributed by atoms with E-state index < -0.39 is 0 Å². The Morgan fingerprint density at radius 2 is 2.07 bits per heavy atom. The Morgan fingerprint density at radius 1 is 1.14 bits per heavy atom. The molecule has 0 atom stereocenters. The molecule has 2 aromatic rings. The van der Waals surface area contributed by atoms with E-state index >= 15 is 0 Å². The molecule has 0 amide bonds. The lowest BCUT2D eigenvalue weighted by molar-refractivity contribution is 0.879. The molecule has 70 valence electrons. The van der Waals surface area contributed by atoms with Gasteiger partial charge in [0.1, 0.15) is 0 Å². The third-order valence-electron chi connectivity index (χ3n) is 2.61. The number of rotatable bonds is 1. The van der Waals surface area contributed by atoms with E-state index in [1.807, 2.05) is 6.07 Å². The van der Waals surface area contributed by atoms with Crippen molar-refractivity contribution in [2.75, 3.05) is 0 Å². The average Bonchev–Trinajstić information content (AvgIpc) is 2.22. The van der Waals surface area contributed by atoms with Crippen LogP contribution in [0, 0.1) is 0 Å². The van der Waals surface area contributed by atoms with Crippen LogP contribution >= 0.6 is 0 Å². The van der Waals surface area contributed by atoms with Crippen LogP contribution in [0.3, 0.4) is 0 Å². The number of hydrogen-bond donors (Lipinski definition) is 1. The van der Waals surface area contributed by atoms with Gasteiger partial charge in [-0.2, -0.15) is 0 Å². The number of benzene rings is 1. The molecule has 0 radical (unpaired) electrons. The number of fused-ring (bicyclic) bond motifs is 1. The molecule has 0 aliphatic heterocycles. The minimum atomic E-state index is 1.15. The molecule has 0 spiro atoms. The number of para-hydroxylation sites is 2. The van der Waals surface area contributed by atoms with Crippen molar-refractivity contribution in [3.8, 4) is 0 Å². The third-order valence-corrected chi connectivity index (χ3v) is 2.61. The molecule has 1 aromatic heterocycles. The Bertz CT molecular complexity index is 511. The summed E-state index contributed by atoms with van der Waals surface area (Å²) in [7, 11) is 0. The fourth-order valence-electron chi connectivity index (χ4n) is 1.86. The lowest BCUT2D eigenvalue weighted by Gasteiger charge is -2.18. The van der Waals surface area contributed by atoms with Crippen molar-refractivity contribution in [2.24, 2.45) is 0 Å². The summed E-state index contributed by atoms with van der Waals surface area (Å²) >= 11 is 0. The zero-order valence-electron chi connectivity index (χ0n) is 7.90. The van der Waals surface area contributed by atoms with E-state index in [-0.39, 0.29) is 0 Å². The Hall–Kier alpha value is -1.70. The van der Waals surface area contributed by atoms with Gasteiger partial charge in [0, 0.05) is 0 Å². The summed E-state index contributed by atoms with van der Waals surface area (Å²) in [4.78, 5) is 0. The van der Waals surface area contributed by atoms with E-state index in [0.717, 1.165) is 6.42 Å². The van der Waals surface area contributed by atoms with Crippen molar-refractivity contribution < 1.29 is 0 Å². The maximum atomic E-state index is 3.31. The van der Waals surface area contributed by atoms with E-state index in [2.05, 4.69) is 46.2 Å². The second-order valence-corrected chi connectivity index (χ2v) is 3.57. The Morgan fingerprint density at radius 3 is 2.86 bits per heavy atom. The molecule has 1 heterocycles. The van der Waals surface area contributed by atoms with Crippen LogP contribution in [0.4, 0.5) is 0 Å². The first-order valence-electron chi connectivity index (χ1n) is 4.98. The highest BCUT2D eigenvalue weighted by molar-refractivity contribution is 5.82. The average molecular weight is 184 g/mol. The van der Waals surface area contributed by atoms with Crippen LogP contribution in [0.15, 0.2) is 42.5 Å². The number of nitrogens with one attached hydrogen (secondary N) is 1. The van der Waals surface area contributed by atoms with Gasteiger partial charge in [0.15, 0.2) is 0 Å². The summed E-state index contributed by atoms with van der Waals surface area (Å²) in [5, 5.41) is 3.31. The van der Waals surface area contributed by atoms with Crippen LogP contribution in [0.5, 0.6) is 0 Å². The van der Waals surface area contributed by atoms with E-state index in [1.165, 1.54) is 23.2 Å². The zero-order valence-corrected chi connectivity index (χ0v) is 7.90. The van der Waals surface area contributed by atoms with Gasteiger partial charge in [0.25, 0.3) is 0 Å². The molecule has 1 aromatic carbocycles. The first-order valence-corrected chi connectivity index (χ1v) is 4.98. The molecular formula is C12H12N2. The van der Waals surface area contributed by atoms with Crippen molar-refractivity contribution in [1.29, 1.82) is 0 Å². The standard InChI is InChI=1S/C12H12N2/c1-2-6-10(7-3-1)14-12-9-5-4-8-11(12)13-14/h2,4-9,13H,1,3H2. The number of H-pyrrole nitrogens is 1. The molecule has 0 bridgehead atoms. The first-order chi connectivity index (χ1) is 6.95. The Labute approximate surface area is 82.5 Å². The van der Waals surface area contributed by atoms with Crippen LogP contribution in [0.1, 0.15) is 12.8 Å². The highest BCUT2D eigenvalue weighted by Crippen LogP contribution is 2.22. The van der Waals surface area contributed by atoms with E-state index in [9.17, 15) is 0 Å². The molecular weight excluding hydrogens is 172 g/mol. The summed E-state index contributed by atoms with van der Waals surface area (Å²) in [5.74, 6) is 0. The van der Waals surface area contributed by atoms with Gasteiger partial charge >= 0.3 is 0 Å². The van der Waals surface area contributed by atoms with Gasteiger partial charge < -0.3 is 0 Å². The molecule has 3 rings (SSSR count). The van der Waals surface area contributed by atoms with Crippen LogP contribution < -0.4 is 0 Å². The largest absolute Gasteiger partial charge is 0.292 e. The fraction of sp³-hybridized carbons (Fsp3) is 0.167. The van der Waals surface area contributed by atoms with Gasteiger partial charge in [-0.15, -0.1) is 0 Å². The molecule has 14 heavy (non-hydrogen) atoms. The van der Waals surface area contributed by atoms with Gasteiger partial charge in [-0.25, -0.2) is 0 Å². The highest BCUT2D eigenvalue weighted by atomic mass is 15.3. The molecule has 2 nitrogen and oxygen atoms in total. The molecule has 1 aliphatic carbocycles. The lowest BCUT2D eigenvalue weighted by Crippen LogP contribution is -2.09. The SMILES string of the molecule is C1=CC(n2[nH]c3ccccc32)=CCC1. The predicted octanol–water partition coefficient (Wildman–Crippen LogP) is 3.16. The van der Waals surface area contributed by atoms with Gasteiger partial charge in [0.05, 0.1) is 16.7 Å². The predicted molar refractivity (Wildman–Crippen MR) is 58.9 cm³/mol. The van der Waals surface area contributed by atoms with E-state index in [4.69, 9.17) is 0 Å². The first kappa shape index (κ1) is 7.68. The smallest absolute Gasteiger partial charge is 0.0879 e. The van der Waals surface area contributed by atoms with Crippen molar-refractivity contribution in [2.45, 2.75) is 12.8 Å². The summed E-state index contributed by atoms with van der Waals surface area (Å²) < 4.78 is 2.13. The van der Waals surface area contributed by atoms with Crippen molar-refractivity contribution in [3.05, 3.63) is 42.5 Å². The third kappa shape index (κ3) is 1.04.